The van der Waals surface area contributed by atoms with Gasteiger partial charge in [0.2, 0.25) is 0 Å². The Balaban J connectivity index is -0.000000101. The molecular weight excluding hydrogens is 575 g/mol. The molecule has 0 aromatic heterocycles. The molecule has 16 heavy (non-hydrogen) atoms. The van der Waals surface area contributed by atoms with Crippen LogP contribution in [0.15, 0.2) is 0 Å². The summed E-state index contributed by atoms with van der Waals surface area (Å²) in [5.41, 5.74) is 0. The van der Waals surface area contributed by atoms with Crippen molar-refractivity contribution in [1.82, 2.24) is 0 Å². The van der Waals surface area contributed by atoms with Crippen molar-refractivity contribution in [3.63, 3.8) is 0 Å². The van der Waals surface area contributed by atoms with Crippen LogP contribution in [0.3, 0.4) is 0 Å². The summed E-state index contributed by atoms with van der Waals surface area (Å²) in [5, 5.41) is 0. The van der Waals surface area contributed by atoms with Gasteiger partial charge >= 0.3 is 200 Å². The van der Waals surface area contributed by atoms with Gasteiger partial charge in [0.25, 0.3) is 0 Å². The molecule has 0 aliphatic rings. The molecule has 9 nitrogen and oxygen atoms in total. The van der Waals surface area contributed by atoms with Gasteiger partial charge in [-0.3, -0.25) is 17.5 Å². The summed E-state index contributed by atoms with van der Waals surface area (Å²) in [6, 6.07) is 0. The van der Waals surface area contributed by atoms with E-state index in [9.17, 15) is 21.6 Å². The van der Waals surface area contributed by atoms with E-state index < -0.39 is 27.0 Å². The molecule has 0 aromatic carbocycles. The molecule has 0 atom stereocenters. The second-order valence-corrected chi connectivity index (χ2v) is 3.32. The molecular formula is CH10Ba2Ca2O9S2. The van der Waals surface area contributed by atoms with Crippen molar-refractivity contribution >= 4 is 200 Å². The molecule has 0 amide bonds. The fourth-order valence-corrected chi connectivity index (χ4v) is 0.641. The molecule has 15 heteroatoms. The SMILES string of the molecule is O=C(OS(=O)(=O)O)OS(=O)(=O)O.[BaH2].[BaH2].[CaH2].[CaH2]. The Bertz CT molecular complexity index is 336. The summed E-state index contributed by atoms with van der Waals surface area (Å²) in [6.45, 7) is 0. The summed E-state index contributed by atoms with van der Waals surface area (Å²) in [6.07, 6.45) is -2.29. The van der Waals surface area contributed by atoms with Crippen LogP contribution in [0, 0.1) is 0 Å². The minimum absolute atomic E-state index is 0. The molecule has 2 N–H and O–H groups in total. The van der Waals surface area contributed by atoms with Gasteiger partial charge in [0.05, 0.1) is 0 Å². The molecule has 0 fully saturated rings. The molecule has 0 saturated carbocycles. The minimum atomic E-state index is -5.15. The molecule has 0 bridgehead atoms. The predicted molar refractivity (Wildman–Crippen MR) is 64.8 cm³/mol. The Morgan fingerprint density at radius 2 is 1.00 bits per heavy atom. The van der Waals surface area contributed by atoms with Gasteiger partial charge in [-0.15, -0.1) is 0 Å². The molecule has 0 aliphatic heterocycles. The van der Waals surface area contributed by atoms with E-state index in [-0.39, 0.29) is 173 Å². The first-order valence-electron chi connectivity index (χ1n) is 1.98. The molecule has 0 aliphatic carbocycles. The zero-order chi connectivity index (χ0) is 9.99. The third kappa shape index (κ3) is 27.2. The molecule has 0 rings (SSSR count). The third-order valence-electron chi connectivity index (χ3n) is 0.347. The summed E-state index contributed by atoms with van der Waals surface area (Å²) >= 11 is 0. The van der Waals surface area contributed by atoms with E-state index in [1.165, 1.54) is 0 Å². The van der Waals surface area contributed by atoms with Crippen LogP contribution in [0.5, 0.6) is 0 Å². The van der Waals surface area contributed by atoms with Crippen LogP contribution in [0.4, 0.5) is 4.79 Å². The van der Waals surface area contributed by atoms with Crippen molar-refractivity contribution < 1.29 is 39.1 Å². The standard InChI is InChI=1S/CH2O9S2.2Ba.2Ca.8H/c2-1(9-11(3,4)5)10-12(6,7)8;;;;;;;;;;;;/h(H,3,4,5)(H,6,7,8);;;;;;;;;;;;. The zero-order valence-electron chi connectivity index (χ0n) is 5.07. The second kappa shape index (κ2) is 14.7. The number of hydrogen-bond donors (Lipinski definition) is 2. The van der Waals surface area contributed by atoms with Crippen molar-refractivity contribution in [2.75, 3.05) is 0 Å². The first kappa shape index (κ1) is 32.6. The van der Waals surface area contributed by atoms with E-state index in [0.717, 1.165) is 0 Å². The van der Waals surface area contributed by atoms with E-state index in [4.69, 9.17) is 9.11 Å². The molecule has 0 heterocycles. The van der Waals surface area contributed by atoms with Crippen LogP contribution in [-0.4, -0.2) is 205 Å². The van der Waals surface area contributed by atoms with E-state index in [1.807, 2.05) is 0 Å². The van der Waals surface area contributed by atoms with E-state index >= 15 is 0 Å². The molecule has 0 spiro atoms. The predicted octanol–water partition coefficient (Wildman–Crippen LogP) is -4.92. The van der Waals surface area contributed by atoms with Crippen LogP contribution in [-0.2, 0) is 29.2 Å². The molecule has 0 aromatic rings. The summed E-state index contributed by atoms with van der Waals surface area (Å²) in [7, 11) is -10.3. The maximum atomic E-state index is 9.95. The fraction of sp³-hybridized carbons (Fsp3) is 0. The van der Waals surface area contributed by atoms with Gasteiger partial charge < -0.3 is 0 Å². The van der Waals surface area contributed by atoms with Crippen LogP contribution >= 0.6 is 0 Å². The quantitative estimate of drug-likeness (QED) is 0.241. The molecule has 0 radical (unpaired) electrons. The Morgan fingerprint density at radius 3 is 1.12 bits per heavy atom. The van der Waals surface area contributed by atoms with Crippen molar-refractivity contribution in [3.05, 3.63) is 0 Å². The van der Waals surface area contributed by atoms with Crippen molar-refractivity contribution in [1.29, 1.82) is 0 Å². The van der Waals surface area contributed by atoms with Gasteiger partial charge in [-0.2, -0.15) is 16.8 Å². The van der Waals surface area contributed by atoms with E-state index in [2.05, 4.69) is 8.37 Å². The average Bonchev–Trinajstić information content (AvgIpc) is 1.49. The second-order valence-electron chi connectivity index (χ2n) is 1.27. The number of carbonyl (C=O) groups is 1. The number of rotatable bonds is 2. The van der Waals surface area contributed by atoms with Crippen LogP contribution in [0.25, 0.3) is 0 Å². The van der Waals surface area contributed by atoms with Crippen molar-refractivity contribution in [3.8, 4) is 0 Å². The first-order chi connectivity index (χ1) is 5.10. The molecule has 0 saturated heterocycles. The molecule has 0 unspecified atom stereocenters. The number of carbonyl (C=O) groups excluding carboxylic acids is 1. The fourth-order valence-electron chi connectivity index (χ4n) is 0.186. The van der Waals surface area contributed by atoms with Gasteiger partial charge in [0.15, 0.2) is 0 Å². The van der Waals surface area contributed by atoms with Crippen LogP contribution in [0.1, 0.15) is 0 Å². The normalized spacial score (nSPS) is 9.12. The van der Waals surface area contributed by atoms with Gasteiger partial charge in [0.1, 0.15) is 0 Å². The Hall–Kier alpha value is 4.75. The average molecular weight is 585 g/mol. The first-order valence-corrected chi connectivity index (χ1v) is 4.71. The van der Waals surface area contributed by atoms with Gasteiger partial charge in [0, 0.05) is 0 Å². The van der Waals surface area contributed by atoms with Crippen LogP contribution < -0.4 is 0 Å². The zero-order valence-corrected chi connectivity index (χ0v) is 6.70. The Labute approximate surface area is 232 Å². The molecule has 88 valence electrons. The summed E-state index contributed by atoms with van der Waals surface area (Å²) in [5.74, 6) is 0. The Morgan fingerprint density at radius 1 is 0.812 bits per heavy atom. The summed E-state index contributed by atoms with van der Waals surface area (Å²) < 4.78 is 60.1. The van der Waals surface area contributed by atoms with Gasteiger partial charge in [-0.1, -0.05) is 0 Å². The van der Waals surface area contributed by atoms with Crippen molar-refractivity contribution in [2.45, 2.75) is 0 Å². The van der Waals surface area contributed by atoms with Gasteiger partial charge in [-0.25, -0.2) is 4.79 Å². The van der Waals surface area contributed by atoms with Crippen molar-refractivity contribution in [2.24, 2.45) is 0 Å². The Kier molecular flexibility index (Phi) is 29.9. The monoisotopic (exact) mass is 586 g/mol. The topological polar surface area (TPSA) is 144 Å². The van der Waals surface area contributed by atoms with E-state index in [1.54, 1.807) is 0 Å². The summed E-state index contributed by atoms with van der Waals surface area (Å²) in [4.78, 5) is 9.95. The van der Waals surface area contributed by atoms with E-state index in [0.29, 0.717) is 0 Å². The number of hydrogen-bond acceptors (Lipinski definition) is 7. The third-order valence-corrected chi connectivity index (χ3v) is 1.04. The maximum absolute atomic E-state index is 9.95. The van der Waals surface area contributed by atoms with Crippen LogP contribution in [0.2, 0.25) is 0 Å². The van der Waals surface area contributed by atoms with Gasteiger partial charge in [-0.05, 0) is 0 Å².